The Labute approximate surface area is 161 Å². The van der Waals surface area contributed by atoms with Gasteiger partial charge in [-0.05, 0) is 35.9 Å². The standard InChI is InChI=1S/C22H15N5O/c28-22(21-13-24-17-5-1-2-6-18(17)26-21)25-16-8-7-14-10-19(27-20(14)11-16)15-4-3-9-23-12-15/h1-9,11-13H,10H2,(H,25,28). The van der Waals surface area contributed by atoms with Gasteiger partial charge in [-0.15, -0.1) is 0 Å². The number of carbonyl (C=O) groups excluding carboxylic acids is 1. The number of nitrogens with zero attached hydrogens (tertiary/aromatic N) is 4. The summed E-state index contributed by atoms with van der Waals surface area (Å²) in [5.41, 5.74) is 6.38. The molecule has 0 radical (unpaired) electrons. The lowest BCUT2D eigenvalue weighted by molar-refractivity contribution is 0.102. The van der Waals surface area contributed by atoms with Gasteiger partial charge in [0, 0.05) is 30.1 Å². The third-order valence-corrected chi connectivity index (χ3v) is 4.63. The Morgan fingerprint density at radius 2 is 1.86 bits per heavy atom. The maximum atomic E-state index is 12.6. The van der Waals surface area contributed by atoms with Crippen molar-refractivity contribution in [2.45, 2.75) is 6.42 Å². The fourth-order valence-electron chi connectivity index (χ4n) is 3.22. The van der Waals surface area contributed by atoms with Crippen LogP contribution in [-0.4, -0.2) is 26.6 Å². The SMILES string of the molecule is O=C(Nc1ccc2c(c1)N=C(c1cccnc1)C2)c1cnc2ccccc2n1. The number of pyridine rings is 1. The third-order valence-electron chi connectivity index (χ3n) is 4.63. The molecular formula is C22H15N5O. The van der Waals surface area contributed by atoms with Gasteiger partial charge in [0.05, 0.1) is 28.6 Å². The molecule has 0 atom stereocenters. The van der Waals surface area contributed by atoms with Crippen LogP contribution in [0.5, 0.6) is 0 Å². The molecule has 1 aliphatic rings. The van der Waals surface area contributed by atoms with E-state index in [4.69, 9.17) is 4.99 Å². The molecule has 4 aromatic rings. The molecule has 1 amide bonds. The van der Waals surface area contributed by atoms with E-state index in [2.05, 4.69) is 20.3 Å². The Morgan fingerprint density at radius 1 is 0.964 bits per heavy atom. The maximum Gasteiger partial charge on any atom is 0.275 e. The molecule has 2 aromatic carbocycles. The summed E-state index contributed by atoms with van der Waals surface area (Å²) in [5.74, 6) is -0.298. The Hall–Kier alpha value is -3.93. The second-order valence-corrected chi connectivity index (χ2v) is 6.52. The van der Waals surface area contributed by atoms with Crippen LogP contribution in [-0.2, 0) is 6.42 Å². The molecule has 0 unspecified atom stereocenters. The van der Waals surface area contributed by atoms with Gasteiger partial charge in [-0.3, -0.25) is 19.8 Å². The van der Waals surface area contributed by atoms with Crippen LogP contribution in [0, 0.1) is 0 Å². The van der Waals surface area contributed by atoms with Gasteiger partial charge in [-0.2, -0.15) is 0 Å². The summed E-state index contributed by atoms with van der Waals surface area (Å²) in [4.78, 5) is 30.1. The number of aromatic nitrogens is 3. The van der Waals surface area contributed by atoms with Crippen LogP contribution in [0.1, 0.15) is 21.6 Å². The van der Waals surface area contributed by atoms with Crippen molar-refractivity contribution in [3.8, 4) is 0 Å². The zero-order valence-corrected chi connectivity index (χ0v) is 14.8. The summed E-state index contributed by atoms with van der Waals surface area (Å²) in [5, 5.41) is 2.88. The van der Waals surface area contributed by atoms with Crippen molar-refractivity contribution in [1.82, 2.24) is 15.0 Å². The smallest absolute Gasteiger partial charge is 0.275 e. The molecule has 1 aliphatic heterocycles. The predicted octanol–water partition coefficient (Wildman–Crippen LogP) is 3.95. The fourth-order valence-corrected chi connectivity index (χ4v) is 3.22. The molecular weight excluding hydrogens is 350 g/mol. The molecule has 1 N–H and O–H groups in total. The van der Waals surface area contributed by atoms with E-state index >= 15 is 0 Å². The molecule has 0 spiro atoms. The first-order valence-electron chi connectivity index (χ1n) is 8.90. The largest absolute Gasteiger partial charge is 0.321 e. The first-order chi connectivity index (χ1) is 13.8. The van der Waals surface area contributed by atoms with Gasteiger partial charge in [0.1, 0.15) is 5.69 Å². The van der Waals surface area contributed by atoms with Gasteiger partial charge in [0.15, 0.2) is 0 Å². The van der Waals surface area contributed by atoms with Gasteiger partial charge in [0.25, 0.3) is 5.91 Å². The van der Waals surface area contributed by atoms with Crippen LogP contribution in [0.4, 0.5) is 11.4 Å². The van der Waals surface area contributed by atoms with Gasteiger partial charge in [-0.25, -0.2) is 4.98 Å². The Morgan fingerprint density at radius 3 is 2.71 bits per heavy atom. The molecule has 6 nitrogen and oxygen atoms in total. The summed E-state index contributed by atoms with van der Waals surface area (Å²) >= 11 is 0. The molecule has 2 aromatic heterocycles. The van der Waals surface area contributed by atoms with E-state index in [1.165, 1.54) is 6.20 Å². The highest BCUT2D eigenvalue weighted by Gasteiger charge is 2.17. The number of nitrogens with one attached hydrogen (secondary N) is 1. The summed E-state index contributed by atoms with van der Waals surface area (Å²) in [6.07, 6.45) is 5.80. The van der Waals surface area contributed by atoms with Crippen LogP contribution >= 0.6 is 0 Å². The second-order valence-electron chi connectivity index (χ2n) is 6.52. The van der Waals surface area contributed by atoms with Crippen LogP contribution in [0.15, 0.2) is 78.2 Å². The summed E-state index contributed by atoms with van der Waals surface area (Å²) < 4.78 is 0. The van der Waals surface area contributed by atoms with Crippen molar-refractivity contribution in [3.05, 3.63) is 90.0 Å². The van der Waals surface area contributed by atoms with E-state index in [0.717, 1.165) is 34.5 Å². The van der Waals surface area contributed by atoms with Crippen molar-refractivity contribution < 1.29 is 4.79 Å². The monoisotopic (exact) mass is 365 g/mol. The van der Waals surface area contributed by atoms with Crippen molar-refractivity contribution in [3.63, 3.8) is 0 Å². The summed E-state index contributed by atoms with van der Waals surface area (Å²) in [6, 6.07) is 17.1. The van der Waals surface area contributed by atoms with E-state index in [-0.39, 0.29) is 11.6 Å². The van der Waals surface area contributed by atoms with Crippen molar-refractivity contribution >= 4 is 34.0 Å². The maximum absolute atomic E-state index is 12.6. The van der Waals surface area contributed by atoms with Crippen LogP contribution in [0.2, 0.25) is 0 Å². The van der Waals surface area contributed by atoms with E-state index in [9.17, 15) is 4.79 Å². The van der Waals surface area contributed by atoms with Gasteiger partial charge < -0.3 is 5.32 Å². The van der Waals surface area contributed by atoms with Crippen molar-refractivity contribution in [1.29, 1.82) is 0 Å². The number of para-hydroxylation sites is 2. The lowest BCUT2D eigenvalue weighted by Gasteiger charge is -2.06. The number of rotatable bonds is 3. The molecule has 0 saturated carbocycles. The van der Waals surface area contributed by atoms with Crippen molar-refractivity contribution in [2.75, 3.05) is 5.32 Å². The molecule has 28 heavy (non-hydrogen) atoms. The van der Waals surface area contributed by atoms with E-state index in [0.29, 0.717) is 11.2 Å². The van der Waals surface area contributed by atoms with Gasteiger partial charge in [0.2, 0.25) is 0 Å². The lowest BCUT2D eigenvalue weighted by Crippen LogP contribution is -2.14. The summed E-state index contributed by atoms with van der Waals surface area (Å²) in [7, 11) is 0. The predicted molar refractivity (Wildman–Crippen MR) is 108 cm³/mol. The zero-order valence-electron chi connectivity index (χ0n) is 14.8. The molecule has 3 heterocycles. The fraction of sp³-hybridized carbons (Fsp3) is 0.0455. The number of hydrogen-bond donors (Lipinski definition) is 1. The highest BCUT2D eigenvalue weighted by atomic mass is 16.1. The molecule has 0 saturated heterocycles. The zero-order chi connectivity index (χ0) is 18.9. The lowest BCUT2D eigenvalue weighted by atomic mass is 10.1. The third kappa shape index (κ3) is 3.01. The molecule has 134 valence electrons. The highest BCUT2D eigenvalue weighted by molar-refractivity contribution is 6.07. The van der Waals surface area contributed by atoms with Gasteiger partial charge >= 0.3 is 0 Å². The molecule has 0 fully saturated rings. The van der Waals surface area contributed by atoms with Gasteiger partial charge in [-0.1, -0.05) is 24.3 Å². The second kappa shape index (κ2) is 6.66. The minimum absolute atomic E-state index is 0.277. The normalized spacial score (nSPS) is 12.5. The van der Waals surface area contributed by atoms with Crippen LogP contribution < -0.4 is 5.32 Å². The van der Waals surface area contributed by atoms with Crippen molar-refractivity contribution in [2.24, 2.45) is 4.99 Å². The van der Waals surface area contributed by atoms with Crippen LogP contribution in [0.25, 0.3) is 11.0 Å². The average Bonchev–Trinajstić information content (AvgIpc) is 3.17. The first-order valence-corrected chi connectivity index (χ1v) is 8.90. The average molecular weight is 365 g/mol. The quantitative estimate of drug-likeness (QED) is 0.596. The Balaban J connectivity index is 1.39. The van der Waals surface area contributed by atoms with E-state index in [1.54, 1.807) is 6.20 Å². The van der Waals surface area contributed by atoms with Crippen LogP contribution in [0.3, 0.4) is 0 Å². The minimum atomic E-state index is -0.298. The number of hydrogen-bond acceptors (Lipinski definition) is 5. The highest BCUT2D eigenvalue weighted by Crippen LogP contribution is 2.31. The number of carbonyl (C=O) groups is 1. The number of anilines is 1. The number of fused-ring (bicyclic) bond motifs is 2. The first kappa shape index (κ1) is 16.3. The van der Waals surface area contributed by atoms with E-state index < -0.39 is 0 Å². The molecule has 6 heteroatoms. The minimum Gasteiger partial charge on any atom is -0.321 e. The Bertz CT molecular complexity index is 1230. The van der Waals surface area contributed by atoms with E-state index in [1.807, 2.05) is 60.8 Å². The number of benzene rings is 2. The molecule has 5 rings (SSSR count). The summed E-state index contributed by atoms with van der Waals surface area (Å²) in [6.45, 7) is 0. The Kier molecular flexibility index (Phi) is 3.87. The topological polar surface area (TPSA) is 80.1 Å². The molecule has 0 aliphatic carbocycles. The number of aliphatic imine (C=N–C) groups is 1. The molecule has 0 bridgehead atoms. The number of amides is 1.